The minimum atomic E-state index is -3.84. The average molecular weight is 378 g/mol. The molecule has 10 heteroatoms. The first-order valence-corrected chi connectivity index (χ1v) is 8.73. The number of rotatable bonds is 5. The number of azo groups is 1. The fourth-order valence-electron chi connectivity index (χ4n) is 1.82. The number of anilines is 1. The molecule has 0 radical (unpaired) electrons. The SMILES string of the molecule is CC(O)=C(N=Nc1ccc(F)cc1)C(=O)Nc1ccc(S(N)(=O)=O)cc1. The van der Waals surface area contributed by atoms with E-state index in [-0.39, 0.29) is 27.7 Å². The second kappa shape index (κ2) is 7.85. The van der Waals surface area contributed by atoms with Crippen molar-refractivity contribution in [1.29, 1.82) is 0 Å². The number of aliphatic hydroxyl groups excluding tert-OH is 1. The smallest absolute Gasteiger partial charge is 0.279 e. The topological polar surface area (TPSA) is 134 Å². The molecule has 0 fully saturated rings. The molecule has 1 amide bonds. The van der Waals surface area contributed by atoms with Crippen LogP contribution in [0, 0.1) is 5.82 Å². The number of carbonyl (C=O) groups excluding carboxylic acids is 1. The highest BCUT2D eigenvalue weighted by Gasteiger charge is 2.14. The van der Waals surface area contributed by atoms with E-state index in [0.717, 1.165) is 0 Å². The average Bonchev–Trinajstić information content (AvgIpc) is 2.56. The van der Waals surface area contributed by atoms with Crippen LogP contribution in [0.25, 0.3) is 0 Å². The van der Waals surface area contributed by atoms with Crippen molar-refractivity contribution in [3.63, 3.8) is 0 Å². The van der Waals surface area contributed by atoms with Gasteiger partial charge >= 0.3 is 0 Å². The van der Waals surface area contributed by atoms with E-state index in [0.29, 0.717) is 0 Å². The molecule has 26 heavy (non-hydrogen) atoms. The molecule has 2 aromatic carbocycles. The molecule has 0 aliphatic rings. The van der Waals surface area contributed by atoms with Gasteiger partial charge in [-0.05, 0) is 55.5 Å². The molecule has 0 unspecified atom stereocenters. The third kappa shape index (κ3) is 5.19. The molecule has 0 aromatic heterocycles. The summed E-state index contributed by atoms with van der Waals surface area (Å²) in [7, 11) is -3.84. The van der Waals surface area contributed by atoms with Gasteiger partial charge in [0.2, 0.25) is 10.0 Å². The summed E-state index contributed by atoms with van der Waals surface area (Å²) in [5.74, 6) is -1.59. The van der Waals surface area contributed by atoms with Crippen molar-refractivity contribution in [3.05, 3.63) is 65.8 Å². The number of nitrogens with one attached hydrogen (secondary N) is 1. The molecule has 0 heterocycles. The van der Waals surface area contributed by atoms with Crippen molar-refractivity contribution in [2.45, 2.75) is 11.8 Å². The van der Waals surface area contributed by atoms with Crippen LogP contribution in [0.3, 0.4) is 0 Å². The van der Waals surface area contributed by atoms with Gasteiger partial charge < -0.3 is 10.4 Å². The summed E-state index contributed by atoms with van der Waals surface area (Å²) in [5, 5.41) is 24.5. The van der Waals surface area contributed by atoms with E-state index in [1.807, 2.05) is 0 Å². The lowest BCUT2D eigenvalue weighted by molar-refractivity contribution is -0.113. The minimum Gasteiger partial charge on any atom is -0.510 e. The lowest BCUT2D eigenvalue weighted by atomic mass is 10.3. The standard InChI is InChI=1S/C16H15FN4O4S/c1-10(22)15(21-20-13-4-2-11(17)3-5-13)16(23)19-12-6-8-14(9-7-12)26(18,24)25/h2-9,22H,1H3,(H,19,23)(H2,18,24,25). The fraction of sp³-hybridized carbons (Fsp3) is 0.0625. The molecular weight excluding hydrogens is 363 g/mol. The number of carbonyl (C=O) groups is 1. The van der Waals surface area contributed by atoms with Crippen LogP contribution >= 0.6 is 0 Å². The normalized spacial score (nSPS) is 12.7. The van der Waals surface area contributed by atoms with Crippen molar-refractivity contribution in [2.75, 3.05) is 5.32 Å². The molecule has 8 nitrogen and oxygen atoms in total. The number of nitrogens with two attached hydrogens (primary N) is 1. The number of benzene rings is 2. The van der Waals surface area contributed by atoms with Crippen molar-refractivity contribution >= 4 is 27.3 Å². The lowest BCUT2D eigenvalue weighted by Gasteiger charge is -2.06. The predicted octanol–water partition coefficient (Wildman–Crippen LogP) is 2.98. The second-order valence-electron chi connectivity index (χ2n) is 5.13. The first-order chi connectivity index (χ1) is 12.2. The maximum Gasteiger partial charge on any atom is 0.279 e. The van der Waals surface area contributed by atoms with E-state index in [1.165, 1.54) is 55.5 Å². The van der Waals surface area contributed by atoms with Gasteiger partial charge in [0.1, 0.15) is 11.6 Å². The van der Waals surface area contributed by atoms with Gasteiger partial charge in [-0.3, -0.25) is 4.79 Å². The highest BCUT2D eigenvalue weighted by molar-refractivity contribution is 7.89. The number of aliphatic hydroxyl groups is 1. The molecule has 136 valence electrons. The van der Waals surface area contributed by atoms with Crippen molar-refractivity contribution in [2.24, 2.45) is 15.4 Å². The summed E-state index contributed by atoms with van der Waals surface area (Å²) in [6.45, 7) is 1.25. The Kier molecular flexibility index (Phi) is 5.80. The molecule has 0 saturated carbocycles. The molecule has 2 rings (SSSR count). The summed E-state index contributed by atoms with van der Waals surface area (Å²) in [4.78, 5) is 12.1. The summed E-state index contributed by atoms with van der Waals surface area (Å²) in [6.07, 6.45) is 0. The van der Waals surface area contributed by atoms with Crippen molar-refractivity contribution in [1.82, 2.24) is 0 Å². The fourth-order valence-corrected chi connectivity index (χ4v) is 2.33. The van der Waals surface area contributed by atoms with E-state index >= 15 is 0 Å². The zero-order valence-corrected chi connectivity index (χ0v) is 14.4. The van der Waals surface area contributed by atoms with E-state index in [4.69, 9.17) is 5.14 Å². The molecule has 4 N–H and O–H groups in total. The molecule has 0 spiro atoms. The van der Waals surface area contributed by atoms with Gasteiger partial charge in [0, 0.05) is 5.69 Å². The summed E-state index contributed by atoms with van der Waals surface area (Å²) < 4.78 is 35.3. The van der Waals surface area contributed by atoms with Gasteiger partial charge in [0.15, 0.2) is 5.70 Å². The maximum absolute atomic E-state index is 12.9. The van der Waals surface area contributed by atoms with Crippen LogP contribution in [0.4, 0.5) is 15.8 Å². The number of hydrogen-bond acceptors (Lipinski definition) is 6. The van der Waals surface area contributed by atoms with Crippen molar-refractivity contribution in [3.8, 4) is 0 Å². The highest BCUT2D eigenvalue weighted by Crippen LogP contribution is 2.18. The Morgan fingerprint density at radius 3 is 2.19 bits per heavy atom. The third-order valence-corrected chi connectivity index (χ3v) is 4.02. The summed E-state index contributed by atoms with van der Waals surface area (Å²) in [6, 6.07) is 10.2. The van der Waals surface area contributed by atoms with Gasteiger partial charge in [-0.2, -0.15) is 5.11 Å². The molecular formula is C16H15FN4O4S. The number of halogens is 1. The van der Waals surface area contributed by atoms with E-state index in [9.17, 15) is 22.7 Å². The van der Waals surface area contributed by atoms with Crippen molar-refractivity contribution < 1.29 is 22.7 Å². The van der Waals surface area contributed by atoms with Crippen LogP contribution < -0.4 is 10.5 Å². The summed E-state index contributed by atoms with van der Waals surface area (Å²) >= 11 is 0. The van der Waals surface area contributed by atoms with E-state index < -0.39 is 21.7 Å². The molecule has 0 bridgehead atoms. The molecule has 0 saturated heterocycles. The zero-order valence-electron chi connectivity index (χ0n) is 13.5. The molecule has 0 aliphatic heterocycles. The van der Waals surface area contributed by atoms with E-state index in [2.05, 4.69) is 15.5 Å². The largest absolute Gasteiger partial charge is 0.510 e. The van der Waals surface area contributed by atoms with Gasteiger partial charge in [-0.1, -0.05) is 0 Å². The Bertz CT molecular complexity index is 964. The minimum absolute atomic E-state index is 0.111. The first kappa shape index (κ1) is 19.2. The number of sulfonamides is 1. The van der Waals surface area contributed by atoms with Gasteiger partial charge in [-0.25, -0.2) is 17.9 Å². The predicted molar refractivity (Wildman–Crippen MR) is 92.7 cm³/mol. The van der Waals surface area contributed by atoms with Gasteiger partial charge in [0.05, 0.1) is 10.6 Å². The maximum atomic E-state index is 12.9. The Balaban J connectivity index is 2.16. The van der Waals surface area contributed by atoms with Gasteiger partial charge in [-0.15, -0.1) is 5.11 Å². The van der Waals surface area contributed by atoms with Gasteiger partial charge in [0.25, 0.3) is 5.91 Å². The summed E-state index contributed by atoms with van der Waals surface area (Å²) in [5.41, 5.74) is 0.193. The van der Waals surface area contributed by atoms with Crippen LogP contribution in [-0.2, 0) is 14.8 Å². The Morgan fingerprint density at radius 2 is 1.69 bits per heavy atom. The zero-order chi connectivity index (χ0) is 19.3. The lowest BCUT2D eigenvalue weighted by Crippen LogP contribution is -2.15. The third-order valence-electron chi connectivity index (χ3n) is 3.09. The Hall–Kier alpha value is -3.11. The quantitative estimate of drug-likeness (QED) is 0.419. The number of allylic oxidation sites excluding steroid dienone is 1. The molecule has 0 atom stereocenters. The number of nitrogens with zero attached hydrogens (tertiary/aromatic N) is 2. The molecule has 2 aromatic rings. The van der Waals surface area contributed by atoms with Crippen LogP contribution in [0.15, 0.2) is 75.1 Å². The first-order valence-electron chi connectivity index (χ1n) is 7.18. The monoisotopic (exact) mass is 378 g/mol. The number of primary sulfonamides is 1. The van der Waals surface area contributed by atoms with E-state index in [1.54, 1.807) is 0 Å². The van der Waals surface area contributed by atoms with Crippen LogP contribution in [0.1, 0.15) is 6.92 Å². The molecule has 0 aliphatic carbocycles. The number of amides is 1. The Morgan fingerprint density at radius 1 is 1.12 bits per heavy atom. The number of hydrogen-bond donors (Lipinski definition) is 3. The second-order valence-corrected chi connectivity index (χ2v) is 6.70. The Labute approximate surface area is 148 Å². The highest BCUT2D eigenvalue weighted by atomic mass is 32.2. The van der Waals surface area contributed by atoms with Crippen LogP contribution in [0.5, 0.6) is 0 Å². The van der Waals surface area contributed by atoms with Crippen LogP contribution in [0.2, 0.25) is 0 Å². The van der Waals surface area contributed by atoms with Crippen LogP contribution in [-0.4, -0.2) is 19.4 Å².